The van der Waals surface area contributed by atoms with Gasteiger partial charge in [0.05, 0.1) is 6.54 Å². The van der Waals surface area contributed by atoms with Crippen molar-refractivity contribution in [2.45, 2.75) is 32.0 Å². The predicted octanol–water partition coefficient (Wildman–Crippen LogP) is 2.86. The summed E-state index contributed by atoms with van der Waals surface area (Å²) < 4.78 is 51.5. The average molecular weight is 544 g/mol. The van der Waals surface area contributed by atoms with E-state index in [4.69, 9.17) is 0 Å². The van der Waals surface area contributed by atoms with Crippen molar-refractivity contribution >= 4 is 35.8 Å². The smallest absolute Gasteiger partial charge is 0.357 e. The number of anilines is 1. The third kappa shape index (κ3) is 7.40. The standard InChI is InChI=1S/C19H28F4N6.HI/c1-2-24-18(26-10-14-5-8-28(11-14)13-19(21,22)23)27-15-6-9-29(12-15)17-16(20)4-3-7-25-17;/h3-4,7,14-15H,2,5-6,8-13H2,1H3,(H2,24,26,27);1H. The average Bonchev–Trinajstić information content (AvgIpc) is 3.28. The lowest BCUT2D eigenvalue weighted by molar-refractivity contribution is -0.143. The van der Waals surface area contributed by atoms with Crippen LogP contribution >= 0.6 is 24.0 Å². The van der Waals surface area contributed by atoms with E-state index in [0.29, 0.717) is 51.0 Å². The van der Waals surface area contributed by atoms with Crippen molar-refractivity contribution in [2.75, 3.05) is 50.7 Å². The molecule has 0 aromatic carbocycles. The molecule has 0 aliphatic carbocycles. The highest BCUT2D eigenvalue weighted by Crippen LogP contribution is 2.23. The molecule has 2 N–H and O–H groups in total. The van der Waals surface area contributed by atoms with Gasteiger partial charge in [-0.2, -0.15) is 13.2 Å². The van der Waals surface area contributed by atoms with E-state index in [2.05, 4.69) is 20.6 Å². The van der Waals surface area contributed by atoms with Crippen LogP contribution < -0.4 is 15.5 Å². The van der Waals surface area contributed by atoms with Crippen LogP contribution in [-0.2, 0) is 0 Å². The first-order valence-electron chi connectivity index (χ1n) is 10.0. The molecule has 2 atom stereocenters. The Morgan fingerprint density at radius 1 is 1.27 bits per heavy atom. The predicted molar refractivity (Wildman–Crippen MR) is 120 cm³/mol. The number of nitrogens with zero attached hydrogens (tertiary/aromatic N) is 4. The number of aliphatic imine (C=N–C) groups is 1. The number of pyridine rings is 1. The van der Waals surface area contributed by atoms with E-state index in [-0.39, 0.29) is 41.8 Å². The zero-order valence-corrected chi connectivity index (χ0v) is 19.3. The molecule has 3 heterocycles. The maximum Gasteiger partial charge on any atom is 0.401 e. The first kappa shape index (κ1) is 24.9. The van der Waals surface area contributed by atoms with Gasteiger partial charge >= 0.3 is 6.18 Å². The van der Waals surface area contributed by atoms with Gasteiger partial charge in [0.2, 0.25) is 0 Å². The van der Waals surface area contributed by atoms with Gasteiger partial charge in [0.1, 0.15) is 0 Å². The number of aromatic nitrogens is 1. The maximum atomic E-state index is 13.9. The molecule has 2 fully saturated rings. The molecule has 0 saturated carbocycles. The minimum absolute atomic E-state index is 0. The Labute approximate surface area is 191 Å². The molecule has 0 spiro atoms. The zero-order valence-electron chi connectivity index (χ0n) is 17.0. The highest BCUT2D eigenvalue weighted by Gasteiger charge is 2.34. The minimum atomic E-state index is -4.16. The Morgan fingerprint density at radius 3 is 2.77 bits per heavy atom. The van der Waals surface area contributed by atoms with Gasteiger partial charge in [-0.15, -0.1) is 24.0 Å². The second-order valence-electron chi connectivity index (χ2n) is 7.61. The number of rotatable bonds is 6. The van der Waals surface area contributed by atoms with Gasteiger partial charge < -0.3 is 15.5 Å². The molecular weight excluding hydrogens is 515 g/mol. The quantitative estimate of drug-likeness (QED) is 0.250. The van der Waals surface area contributed by atoms with Crippen LogP contribution in [0.1, 0.15) is 19.8 Å². The molecule has 2 saturated heterocycles. The van der Waals surface area contributed by atoms with E-state index >= 15 is 0 Å². The molecule has 6 nitrogen and oxygen atoms in total. The van der Waals surface area contributed by atoms with Crippen molar-refractivity contribution in [3.05, 3.63) is 24.1 Å². The molecule has 0 amide bonds. The van der Waals surface area contributed by atoms with Gasteiger partial charge in [0.25, 0.3) is 0 Å². The van der Waals surface area contributed by atoms with E-state index in [0.717, 1.165) is 12.8 Å². The van der Waals surface area contributed by atoms with E-state index < -0.39 is 12.7 Å². The van der Waals surface area contributed by atoms with Crippen molar-refractivity contribution in [1.29, 1.82) is 0 Å². The molecular formula is C19H29F4IN6. The summed E-state index contributed by atoms with van der Waals surface area (Å²) in [7, 11) is 0. The molecule has 0 bridgehead atoms. The molecule has 170 valence electrons. The van der Waals surface area contributed by atoms with Gasteiger partial charge in [-0.3, -0.25) is 9.89 Å². The molecule has 0 radical (unpaired) electrons. The highest BCUT2D eigenvalue weighted by atomic mass is 127. The summed E-state index contributed by atoms with van der Waals surface area (Å²) in [5, 5.41) is 6.55. The van der Waals surface area contributed by atoms with E-state index in [1.807, 2.05) is 11.8 Å². The molecule has 30 heavy (non-hydrogen) atoms. The lowest BCUT2D eigenvalue weighted by Gasteiger charge is -2.20. The molecule has 2 aliphatic rings. The Bertz CT molecular complexity index is 702. The molecule has 1 aromatic rings. The van der Waals surface area contributed by atoms with Crippen LogP contribution in [0.4, 0.5) is 23.4 Å². The summed E-state index contributed by atoms with van der Waals surface area (Å²) in [6.07, 6.45) is -1.04. The van der Waals surface area contributed by atoms with Crippen LogP contribution in [0.2, 0.25) is 0 Å². The van der Waals surface area contributed by atoms with Crippen molar-refractivity contribution < 1.29 is 17.6 Å². The lowest BCUT2D eigenvalue weighted by atomic mass is 10.1. The zero-order chi connectivity index (χ0) is 20.9. The monoisotopic (exact) mass is 544 g/mol. The largest absolute Gasteiger partial charge is 0.401 e. The van der Waals surface area contributed by atoms with Crippen molar-refractivity contribution in [3.8, 4) is 0 Å². The summed E-state index contributed by atoms with van der Waals surface area (Å²) in [4.78, 5) is 12.1. The van der Waals surface area contributed by atoms with Gasteiger partial charge in [0, 0.05) is 45.0 Å². The fourth-order valence-corrected chi connectivity index (χ4v) is 3.87. The number of likely N-dealkylation sites (tertiary alicyclic amines) is 1. The lowest BCUT2D eigenvalue weighted by Crippen LogP contribution is -2.45. The van der Waals surface area contributed by atoms with E-state index in [1.165, 1.54) is 11.0 Å². The Kier molecular flexibility index (Phi) is 9.38. The normalized spacial score (nSPS) is 22.8. The molecule has 3 rings (SSSR count). The number of guanidine groups is 1. The second-order valence-corrected chi connectivity index (χ2v) is 7.61. The first-order chi connectivity index (χ1) is 13.8. The Morgan fingerprint density at radius 2 is 2.07 bits per heavy atom. The number of halogens is 5. The number of hydrogen-bond donors (Lipinski definition) is 2. The maximum absolute atomic E-state index is 13.9. The molecule has 11 heteroatoms. The Hall–Kier alpha value is -1.37. The fourth-order valence-electron chi connectivity index (χ4n) is 3.87. The number of nitrogens with one attached hydrogen (secondary N) is 2. The van der Waals surface area contributed by atoms with Gasteiger partial charge in [-0.1, -0.05) is 0 Å². The topological polar surface area (TPSA) is 55.8 Å². The van der Waals surface area contributed by atoms with Crippen molar-refractivity contribution in [1.82, 2.24) is 20.5 Å². The number of alkyl halides is 3. The van der Waals surface area contributed by atoms with E-state index in [9.17, 15) is 17.6 Å². The Balaban J connectivity index is 0.00000320. The third-order valence-electron chi connectivity index (χ3n) is 5.19. The second kappa shape index (κ2) is 11.3. The molecule has 2 unspecified atom stereocenters. The van der Waals surface area contributed by atoms with Crippen LogP contribution in [0.25, 0.3) is 0 Å². The minimum Gasteiger partial charge on any atom is -0.357 e. The molecule has 1 aromatic heterocycles. The van der Waals surface area contributed by atoms with Crippen molar-refractivity contribution in [3.63, 3.8) is 0 Å². The van der Waals surface area contributed by atoms with E-state index in [1.54, 1.807) is 12.3 Å². The summed E-state index contributed by atoms with van der Waals surface area (Å²) in [5.41, 5.74) is 0. The highest BCUT2D eigenvalue weighted by molar-refractivity contribution is 14.0. The van der Waals surface area contributed by atoms with Crippen LogP contribution in [0.5, 0.6) is 0 Å². The third-order valence-corrected chi connectivity index (χ3v) is 5.19. The summed E-state index contributed by atoms with van der Waals surface area (Å²) >= 11 is 0. The van der Waals surface area contributed by atoms with Crippen LogP contribution in [-0.4, -0.2) is 73.9 Å². The van der Waals surface area contributed by atoms with Gasteiger partial charge in [0.15, 0.2) is 17.6 Å². The van der Waals surface area contributed by atoms with Crippen LogP contribution in [0.15, 0.2) is 23.3 Å². The van der Waals surface area contributed by atoms with Crippen LogP contribution in [0.3, 0.4) is 0 Å². The van der Waals surface area contributed by atoms with Crippen LogP contribution in [0, 0.1) is 11.7 Å². The fraction of sp³-hybridized carbons (Fsp3) is 0.684. The SMILES string of the molecule is CCNC(=NCC1CCN(CC(F)(F)F)C1)NC1CCN(c2ncccc2F)C1.I. The number of hydrogen-bond acceptors (Lipinski definition) is 4. The van der Waals surface area contributed by atoms with Gasteiger partial charge in [-0.25, -0.2) is 9.37 Å². The summed E-state index contributed by atoms with van der Waals surface area (Å²) in [6, 6.07) is 3.07. The van der Waals surface area contributed by atoms with Crippen molar-refractivity contribution in [2.24, 2.45) is 10.9 Å². The summed E-state index contributed by atoms with van der Waals surface area (Å²) in [6.45, 7) is 4.45. The molecule has 2 aliphatic heterocycles. The first-order valence-corrected chi connectivity index (χ1v) is 10.0. The van der Waals surface area contributed by atoms with Gasteiger partial charge in [-0.05, 0) is 44.4 Å². The summed E-state index contributed by atoms with van der Waals surface area (Å²) in [5.74, 6) is 0.790.